The highest BCUT2D eigenvalue weighted by Crippen LogP contribution is 2.25. The minimum absolute atomic E-state index is 0.0786. The molecule has 0 aromatic heterocycles. The number of aryl methyl sites for hydroxylation is 1. The second-order valence-electron chi connectivity index (χ2n) is 8.52. The Balaban J connectivity index is 1.27. The van der Waals surface area contributed by atoms with Crippen molar-refractivity contribution < 1.29 is 13.2 Å². The van der Waals surface area contributed by atoms with E-state index in [1.54, 1.807) is 24.3 Å². The highest BCUT2D eigenvalue weighted by molar-refractivity contribution is 7.89. The summed E-state index contributed by atoms with van der Waals surface area (Å²) >= 11 is 0. The SMILES string of the molecule is Cc1ccccc1CN1CCN(C(=O)C2CCN(S(=O)(=O)c3ccccc3)CC2)CC1. The van der Waals surface area contributed by atoms with Gasteiger partial charge in [-0.3, -0.25) is 9.69 Å². The van der Waals surface area contributed by atoms with Crippen molar-refractivity contribution in [1.29, 1.82) is 0 Å². The smallest absolute Gasteiger partial charge is 0.243 e. The second-order valence-corrected chi connectivity index (χ2v) is 10.5. The van der Waals surface area contributed by atoms with Gasteiger partial charge in [0.1, 0.15) is 0 Å². The first-order valence-corrected chi connectivity index (χ1v) is 12.5. The van der Waals surface area contributed by atoms with Gasteiger partial charge in [0, 0.05) is 51.7 Å². The molecule has 0 N–H and O–H groups in total. The van der Waals surface area contributed by atoms with Gasteiger partial charge in [-0.25, -0.2) is 8.42 Å². The number of carbonyl (C=O) groups excluding carboxylic acids is 1. The van der Waals surface area contributed by atoms with Crippen molar-refractivity contribution in [3.8, 4) is 0 Å². The summed E-state index contributed by atoms with van der Waals surface area (Å²) in [6.07, 6.45) is 1.18. The van der Waals surface area contributed by atoms with Crippen molar-refractivity contribution in [3.63, 3.8) is 0 Å². The monoisotopic (exact) mass is 441 g/mol. The quantitative estimate of drug-likeness (QED) is 0.716. The van der Waals surface area contributed by atoms with Crippen molar-refractivity contribution >= 4 is 15.9 Å². The molecule has 2 aromatic rings. The molecule has 0 spiro atoms. The molecule has 2 aliphatic rings. The van der Waals surface area contributed by atoms with E-state index in [9.17, 15) is 13.2 Å². The summed E-state index contributed by atoms with van der Waals surface area (Å²) < 4.78 is 27.1. The van der Waals surface area contributed by atoms with Gasteiger partial charge < -0.3 is 4.90 Å². The highest BCUT2D eigenvalue weighted by atomic mass is 32.2. The second kappa shape index (κ2) is 9.51. The predicted molar refractivity (Wildman–Crippen MR) is 121 cm³/mol. The summed E-state index contributed by atoms with van der Waals surface area (Å²) in [6.45, 7) is 7.11. The van der Waals surface area contributed by atoms with Crippen LogP contribution < -0.4 is 0 Å². The maximum atomic E-state index is 13.0. The molecule has 0 atom stereocenters. The van der Waals surface area contributed by atoms with E-state index < -0.39 is 10.0 Å². The van der Waals surface area contributed by atoms with Crippen LogP contribution in [0.1, 0.15) is 24.0 Å². The van der Waals surface area contributed by atoms with Gasteiger partial charge in [-0.1, -0.05) is 42.5 Å². The highest BCUT2D eigenvalue weighted by Gasteiger charge is 2.34. The fourth-order valence-electron chi connectivity index (χ4n) is 4.50. The van der Waals surface area contributed by atoms with E-state index in [1.807, 2.05) is 11.0 Å². The van der Waals surface area contributed by atoms with Gasteiger partial charge in [0.25, 0.3) is 0 Å². The van der Waals surface area contributed by atoms with Gasteiger partial charge in [-0.2, -0.15) is 4.31 Å². The summed E-state index contributed by atoms with van der Waals surface area (Å²) in [6, 6.07) is 17.0. The first kappa shape index (κ1) is 22.0. The minimum Gasteiger partial charge on any atom is -0.340 e. The maximum Gasteiger partial charge on any atom is 0.243 e. The van der Waals surface area contributed by atoms with Crippen molar-refractivity contribution in [1.82, 2.24) is 14.1 Å². The summed E-state index contributed by atoms with van der Waals surface area (Å²) in [4.78, 5) is 17.7. The Morgan fingerprint density at radius 3 is 2.13 bits per heavy atom. The van der Waals surface area contributed by atoms with Gasteiger partial charge in [-0.15, -0.1) is 0 Å². The maximum absolute atomic E-state index is 13.0. The number of amides is 1. The molecule has 6 nitrogen and oxygen atoms in total. The van der Waals surface area contributed by atoms with Crippen LogP contribution in [0.25, 0.3) is 0 Å². The van der Waals surface area contributed by atoms with Crippen LogP contribution in [0.15, 0.2) is 59.5 Å². The fraction of sp³-hybridized carbons (Fsp3) is 0.458. The third-order valence-corrected chi connectivity index (χ3v) is 8.44. The van der Waals surface area contributed by atoms with Crippen molar-refractivity contribution in [3.05, 3.63) is 65.7 Å². The Bertz CT molecular complexity index is 994. The molecule has 0 bridgehead atoms. The van der Waals surface area contributed by atoms with E-state index in [4.69, 9.17) is 0 Å². The molecule has 0 radical (unpaired) electrons. The summed E-state index contributed by atoms with van der Waals surface area (Å²) in [5.74, 6) is 0.109. The first-order chi connectivity index (χ1) is 14.9. The summed E-state index contributed by atoms with van der Waals surface area (Å²) in [7, 11) is -3.47. The zero-order valence-electron chi connectivity index (χ0n) is 18.1. The van der Waals surface area contributed by atoms with Gasteiger partial charge in [0.05, 0.1) is 4.90 Å². The molecule has 2 aliphatic heterocycles. The standard InChI is InChI=1S/C24H31N3O3S/c1-20-7-5-6-8-22(20)19-25-15-17-26(18-16-25)24(28)21-11-13-27(14-12-21)31(29,30)23-9-3-2-4-10-23/h2-10,21H,11-19H2,1H3. The third kappa shape index (κ3) is 5.00. The molecule has 2 heterocycles. The number of piperazine rings is 1. The van der Waals surface area contributed by atoms with Crippen LogP contribution in [0.2, 0.25) is 0 Å². The topological polar surface area (TPSA) is 60.9 Å². The van der Waals surface area contributed by atoms with Crippen LogP contribution in [0.3, 0.4) is 0 Å². The number of rotatable bonds is 5. The average Bonchev–Trinajstić information content (AvgIpc) is 2.81. The van der Waals surface area contributed by atoms with Gasteiger partial charge in [0.15, 0.2) is 0 Å². The number of carbonyl (C=O) groups is 1. The molecule has 0 unspecified atom stereocenters. The molecule has 166 valence electrons. The lowest BCUT2D eigenvalue weighted by Crippen LogP contribution is -2.51. The predicted octanol–water partition coefficient (Wildman–Crippen LogP) is 2.74. The average molecular weight is 442 g/mol. The third-order valence-electron chi connectivity index (χ3n) is 6.52. The number of hydrogen-bond acceptors (Lipinski definition) is 4. The lowest BCUT2D eigenvalue weighted by Gasteiger charge is -2.38. The number of nitrogens with zero attached hydrogens (tertiary/aromatic N) is 3. The number of piperidine rings is 1. The van der Waals surface area contributed by atoms with Crippen LogP contribution in [0, 0.1) is 12.8 Å². The van der Waals surface area contributed by atoms with Crippen LogP contribution in [0.4, 0.5) is 0 Å². The van der Waals surface area contributed by atoms with Crippen LogP contribution in [0.5, 0.6) is 0 Å². The molecule has 31 heavy (non-hydrogen) atoms. The van der Waals surface area contributed by atoms with E-state index in [1.165, 1.54) is 15.4 Å². The Labute approximate surface area is 185 Å². The number of sulfonamides is 1. The Morgan fingerprint density at radius 1 is 0.871 bits per heavy atom. The van der Waals surface area contributed by atoms with Gasteiger partial charge in [0.2, 0.25) is 15.9 Å². The van der Waals surface area contributed by atoms with Crippen molar-refractivity contribution in [2.75, 3.05) is 39.3 Å². The molecule has 7 heteroatoms. The Kier molecular flexibility index (Phi) is 6.74. The summed E-state index contributed by atoms with van der Waals surface area (Å²) in [5, 5.41) is 0. The van der Waals surface area contributed by atoms with Crippen LogP contribution >= 0.6 is 0 Å². The Hall–Kier alpha value is -2.22. The van der Waals surface area contributed by atoms with E-state index in [0.717, 1.165) is 32.7 Å². The van der Waals surface area contributed by atoms with Crippen LogP contribution in [-0.2, 0) is 21.4 Å². The zero-order valence-corrected chi connectivity index (χ0v) is 18.9. The molecular formula is C24H31N3O3S. The van der Waals surface area contributed by atoms with Crippen LogP contribution in [-0.4, -0.2) is 67.7 Å². The van der Waals surface area contributed by atoms with E-state index >= 15 is 0 Å². The zero-order chi connectivity index (χ0) is 21.8. The molecule has 4 rings (SSSR count). The van der Waals surface area contributed by atoms with E-state index in [0.29, 0.717) is 30.8 Å². The van der Waals surface area contributed by atoms with E-state index in [-0.39, 0.29) is 11.8 Å². The molecule has 2 saturated heterocycles. The molecule has 0 saturated carbocycles. The molecule has 2 aromatic carbocycles. The van der Waals surface area contributed by atoms with Gasteiger partial charge >= 0.3 is 0 Å². The number of benzene rings is 2. The molecule has 1 amide bonds. The molecule has 2 fully saturated rings. The normalized spacial score (nSPS) is 19.5. The van der Waals surface area contributed by atoms with Gasteiger partial charge in [-0.05, 0) is 43.0 Å². The minimum atomic E-state index is -3.47. The van der Waals surface area contributed by atoms with E-state index in [2.05, 4.69) is 36.1 Å². The lowest BCUT2D eigenvalue weighted by atomic mass is 9.96. The first-order valence-electron chi connectivity index (χ1n) is 11.1. The summed E-state index contributed by atoms with van der Waals surface area (Å²) in [5.41, 5.74) is 2.65. The fourth-order valence-corrected chi connectivity index (χ4v) is 5.99. The van der Waals surface area contributed by atoms with Crippen molar-refractivity contribution in [2.45, 2.75) is 31.2 Å². The number of hydrogen-bond donors (Lipinski definition) is 0. The largest absolute Gasteiger partial charge is 0.340 e. The lowest BCUT2D eigenvalue weighted by molar-refractivity contribution is -0.138. The molecular weight excluding hydrogens is 410 g/mol. The van der Waals surface area contributed by atoms with Crippen molar-refractivity contribution in [2.24, 2.45) is 5.92 Å². The molecule has 0 aliphatic carbocycles. The Morgan fingerprint density at radius 2 is 1.48 bits per heavy atom.